The van der Waals surface area contributed by atoms with Crippen LogP contribution in [-0.4, -0.2) is 36.5 Å². The third-order valence-electron chi connectivity index (χ3n) is 2.61. The Kier molecular flexibility index (Phi) is 10.2. The van der Waals surface area contributed by atoms with Gasteiger partial charge >= 0.3 is 5.97 Å². The molecule has 0 saturated carbocycles. The third-order valence-corrected chi connectivity index (χ3v) is 2.61. The van der Waals surface area contributed by atoms with Crippen LogP contribution in [0.5, 0.6) is 0 Å². The molecule has 0 aromatic rings. The zero-order chi connectivity index (χ0) is 13.1. The van der Waals surface area contributed by atoms with Gasteiger partial charge in [0.15, 0.2) is 6.10 Å². The van der Waals surface area contributed by atoms with Gasteiger partial charge in [0, 0.05) is 13.2 Å². The molecule has 0 unspecified atom stereocenters. The van der Waals surface area contributed by atoms with E-state index in [9.17, 15) is 4.79 Å². The van der Waals surface area contributed by atoms with Crippen LogP contribution in [0.3, 0.4) is 0 Å². The van der Waals surface area contributed by atoms with Gasteiger partial charge in [-0.1, -0.05) is 33.6 Å². The highest BCUT2D eigenvalue weighted by atomic mass is 16.6. The van der Waals surface area contributed by atoms with Crippen molar-refractivity contribution in [1.29, 1.82) is 0 Å². The molecule has 0 aromatic carbocycles. The largest absolute Gasteiger partial charge is 0.479 e. The van der Waals surface area contributed by atoms with Crippen LogP contribution in [-0.2, 0) is 14.3 Å². The molecule has 4 nitrogen and oxygen atoms in total. The first-order valence-electron chi connectivity index (χ1n) is 6.63. The maximum atomic E-state index is 11.1. The molecule has 0 spiro atoms. The van der Waals surface area contributed by atoms with Crippen molar-refractivity contribution in [2.45, 2.75) is 65.1 Å². The number of aliphatic carboxylic acids is 1. The van der Waals surface area contributed by atoms with Gasteiger partial charge in [0.2, 0.25) is 0 Å². The Morgan fingerprint density at radius 2 is 1.59 bits per heavy atom. The number of ether oxygens (including phenoxy) is 2. The summed E-state index contributed by atoms with van der Waals surface area (Å²) < 4.78 is 11.0. The lowest BCUT2D eigenvalue weighted by Gasteiger charge is -2.23. The third kappa shape index (κ3) is 7.34. The summed E-state index contributed by atoms with van der Waals surface area (Å²) in [7, 11) is 0. The molecule has 0 aliphatic carbocycles. The van der Waals surface area contributed by atoms with Crippen LogP contribution in [0.4, 0.5) is 0 Å². The Hall–Kier alpha value is -0.610. The second kappa shape index (κ2) is 10.5. The van der Waals surface area contributed by atoms with Crippen LogP contribution in [0.15, 0.2) is 0 Å². The van der Waals surface area contributed by atoms with Crippen LogP contribution < -0.4 is 0 Å². The van der Waals surface area contributed by atoms with Gasteiger partial charge in [-0.15, -0.1) is 0 Å². The van der Waals surface area contributed by atoms with E-state index in [2.05, 4.69) is 6.92 Å². The van der Waals surface area contributed by atoms with Gasteiger partial charge in [0.05, 0.1) is 6.10 Å². The number of carbonyl (C=O) groups is 1. The summed E-state index contributed by atoms with van der Waals surface area (Å²) in [5.41, 5.74) is 0. The minimum absolute atomic E-state index is 0.337. The lowest BCUT2D eigenvalue weighted by Crippen LogP contribution is -2.38. The second-order valence-corrected chi connectivity index (χ2v) is 4.15. The molecule has 0 aromatic heterocycles. The Morgan fingerprint density at radius 1 is 1.06 bits per heavy atom. The van der Waals surface area contributed by atoms with Crippen molar-refractivity contribution < 1.29 is 19.4 Å². The van der Waals surface area contributed by atoms with Crippen LogP contribution in [0.1, 0.15) is 52.9 Å². The predicted octanol–water partition coefficient (Wildman–Crippen LogP) is 2.85. The zero-order valence-corrected chi connectivity index (χ0v) is 11.3. The Labute approximate surface area is 104 Å². The zero-order valence-electron chi connectivity index (χ0n) is 11.3. The first kappa shape index (κ1) is 16.4. The van der Waals surface area contributed by atoms with E-state index < -0.39 is 12.1 Å². The number of carboxylic acids is 1. The number of rotatable bonds is 11. The van der Waals surface area contributed by atoms with Crippen molar-refractivity contribution >= 4 is 5.97 Å². The van der Waals surface area contributed by atoms with Gasteiger partial charge in [0.25, 0.3) is 0 Å². The van der Waals surface area contributed by atoms with E-state index >= 15 is 0 Å². The lowest BCUT2D eigenvalue weighted by molar-refractivity contribution is -0.162. The molecule has 4 heteroatoms. The van der Waals surface area contributed by atoms with Crippen LogP contribution in [0.25, 0.3) is 0 Å². The van der Waals surface area contributed by atoms with Crippen LogP contribution >= 0.6 is 0 Å². The van der Waals surface area contributed by atoms with E-state index in [1.54, 1.807) is 0 Å². The van der Waals surface area contributed by atoms with E-state index in [1.165, 1.54) is 0 Å². The van der Waals surface area contributed by atoms with E-state index in [4.69, 9.17) is 14.6 Å². The average molecular weight is 246 g/mol. The quantitative estimate of drug-likeness (QED) is 0.569. The maximum absolute atomic E-state index is 11.1. The van der Waals surface area contributed by atoms with E-state index in [0.717, 1.165) is 25.7 Å². The summed E-state index contributed by atoms with van der Waals surface area (Å²) in [5, 5.41) is 9.13. The SMILES string of the molecule is CCCCO[C@H](C(=O)O)[C@@H](CC)OCCCC. The molecule has 0 rings (SSSR count). The second-order valence-electron chi connectivity index (χ2n) is 4.15. The molecule has 0 aliphatic rings. The lowest BCUT2D eigenvalue weighted by atomic mass is 10.1. The number of carboxylic acid groups (broad SMARTS) is 1. The van der Waals surface area contributed by atoms with E-state index in [0.29, 0.717) is 19.6 Å². The normalized spacial score (nSPS) is 14.5. The number of hydrogen-bond donors (Lipinski definition) is 1. The highest BCUT2D eigenvalue weighted by Crippen LogP contribution is 2.11. The van der Waals surface area contributed by atoms with Gasteiger partial charge < -0.3 is 14.6 Å². The molecule has 0 bridgehead atoms. The minimum atomic E-state index is -0.926. The van der Waals surface area contributed by atoms with E-state index in [1.807, 2.05) is 13.8 Å². The maximum Gasteiger partial charge on any atom is 0.335 e. The average Bonchev–Trinajstić information content (AvgIpc) is 2.31. The summed E-state index contributed by atoms with van der Waals surface area (Å²) >= 11 is 0. The van der Waals surface area contributed by atoms with Crippen LogP contribution in [0, 0.1) is 0 Å². The summed E-state index contributed by atoms with van der Waals surface area (Å²) in [6.45, 7) is 7.15. The Bertz CT molecular complexity index is 194. The molecule has 0 fully saturated rings. The van der Waals surface area contributed by atoms with Gasteiger partial charge in [-0.3, -0.25) is 0 Å². The van der Waals surface area contributed by atoms with Gasteiger partial charge in [-0.25, -0.2) is 4.79 Å². The summed E-state index contributed by atoms with van der Waals surface area (Å²) in [6, 6.07) is 0. The first-order valence-corrected chi connectivity index (χ1v) is 6.63. The van der Waals surface area contributed by atoms with Crippen molar-refractivity contribution in [3.05, 3.63) is 0 Å². The minimum Gasteiger partial charge on any atom is -0.479 e. The van der Waals surface area contributed by atoms with Crippen molar-refractivity contribution in [3.8, 4) is 0 Å². The fourth-order valence-corrected chi connectivity index (χ4v) is 1.49. The molecule has 0 amide bonds. The van der Waals surface area contributed by atoms with E-state index in [-0.39, 0.29) is 6.10 Å². The molecule has 17 heavy (non-hydrogen) atoms. The van der Waals surface area contributed by atoms with Crippen molar-refractivity contribution in [2.24, 2.45) is 0 Å². The fraction of sp³-hybridized carbons (Fsp3) is 0.923. The smallest absolute Gasteiger partial charge is 0.335 e. The first-order chi connectivity index (χ1) is 8.17. The number of unbranched alkanes of at least 4 members (excludes halogenated alkanes) is 2. The number of hydrogen-bond acceptors (Lipinski definition) is 3. The molecule has 0 heterocycles. The molecule has 0 saturated heterocycles. The summed E-state index contributed by atoms with van der Waals surface area (Å²) in [5.74, 6) is -0.926. The van der Waals surface area contributed by atoms with Gasteiger partial charge in [-0.05, 0) is 19.3 Å². The molecule has 1 N–H and O–H groups in total. The van der Waals surface area contributed by atoms with Crippen molar-refractivity contribution in [2.75, 3.05) is 13.2 Å². The fourth-order valence-electron chi connectivity index (χ4n) is 1.49. The molecule has 2 atom stereocenters. The topological polar surface area (TPSA) is 55.8 Å². The standard InChI is InChI=1S/C13H26O4/c1-4-7-9-16-11(6-3)12(13(14)15)17-10-8-5-2/h11-12H,4-10H2,1-3H3,(H,14,15)/t11-,12+/m1/s1. The predicted molar refractivity (Wildman–Crippen MR) is 67.2 cm³/mol. The Balaban J connectivity index is 4.16. The molecular formula is C13H26O4. The van der Waals surface area contributed by atoms with Crippen molar-refractivity contribution in [3.63, 3.8) is 0 Å². The van der Waals surface area contributed by atoms with Crippen molar-refractivity contribution in [1.82, 2.24) is 0 Å². The highest BCUT2D eigenvalue weighted by Gasteiger charge is 2.28. The van der Waals surface area contributed by atoms with Crippen LogP contribution in [0.2, 0.25) is 0 Å². The summed E-state index contributed by atoms with van der Waals surface area (Å²) in [6.07, 6.45) is 3.38. The molecular weight excluding hydrogens is 220 g/mol. The summed E-state index contributed by atoms with van der Waals surface area (Å²) in [4.78, 5) is 11.1. The monoisotopic (exact) mass is 246 g/mol. The molecule has 102 valence electrons. The molecule has 0 radical (unpaired) electrons. The highest BCUT2D eigenvalue weighted by molar-refractivity contribution is 5.73. The van der Waals surface area contributed by atoms with Gasteiger partial charge in [0.1, 0.15) is 0 Å². The Morgan fingerprint density at radius 3 is 2.00 bits per heavy atom. The van der Waals surface area contributed by atoms with Gasteiger partial charge in [-0.2, -0.15) is 0 Å². The molecule has 0 aliphatic heterocycles.